The minimum atomic E-state index is -0.794. The third-order valence-electron chi connectivity index (χ3n) is 7.08. The molecule has 8 heteroatoms. The first kappa shape index (κ1) is 22.1. The van der Waals surface area contributed by atoms with Crippen molar-refractivity contribution in [2.45, 2.75) is 50.5 Å². The number of benzene rings is 2. The highest BCUT2D eigenvalue weighted by atomic mass is 32.1. The normalized spacial score (nSPS) is 16.9. The Morgan fingerprint density at radius 1 is 1.03 bits per heavy atom. The molecular weight excluding hydrogens is 462 g/mol. The number of aromatic nitrogens is 2. The average molecular weight is 490 g/mol. The quantitative estimate of drug-likeness (QED) is 0.348. The lowest BCUT2D eigenvalue weighted by Gasteiger charge is -2.34. The van der Waals surface area contributed by atoms with Gasteiger partial charge < -0.3 is 19.9 Å². The molecule has 1 saturated carbocycles. The molecule has 6 rings (SSSR count). The Bertz CT molecular complexity index is 1410. The maximum absolute atomic E-state index is 11.9. The second-order valence-corrected chi connectivity index (χ2v) is 10.4. The number of carboxylic acids is 1. The lowest BCUT2D eigenvalue weighted by atomic mass is 9.71. The predicted octanol–water partition coefficient (Wildman–Crippen LogP) is 5.90. The molecule has 0 bridgehead atoms. The van der Waals surface area contributed by atoms with Crippen LogP contribution < -0.4 is 14.8 Å². The topological polar surface area (TPSA) is 93.6 Å². The number of hydrogen-bond donors (Lipinski definition) is 2. The SMILES string of the molecule is O=C(O)CC1(c2nc(NCc3ccc4c(c3)OCCO4)c3c(n2)sc2ccccc23)CCCCC1. The van der Waals surface area contributed by atoms with Crippen LogP contribution in [-0.4, -0.2) is 34.3 Å². The molecule has 3 heterocycles. The lowest BCUT2D eigenvalue weighted by molar-refractivity contribution is -0.139. The fraction of sp³-hybridized carbons (Fsp3) is 0.370. The van der Waals surface area contributed by atoms with Gasteiger partial charge in [0.05, 0.1) is 11.8 Å². The molecule has 1 fully saturated rings. The van der Waals surface area contributed by atoms with Crippen molar-refractivity contribution in [1.82, 2.24) is 9.97 Å². The van der Waals surface area contributed by atoms with E-state index in [4.69, 9.17) is 19.4 Å². The second kappa shape index (κ2) is 9.00. The van der Waals surface area contributed by atoms with Crippen LogP contribution in [0.25, 0.3) is 20.3 Å². The molecule has 0 spiro atoms. The van der Waals surface area contributed by atoms with E-state index in [1.807, 2.05) is 30.3 Å². The number of aliphatic carboxylic acids is 1. The monoisotopic (exact) mass is 489 g/mol. The molecule has 180 valence electrons. The highest BCUT2D eigenvalue weighted by molar-refractivity contribution is 7.25. The van der Waals surface area contributed by atoms with Crippen LogP contribution in [0.3, 0.4) is 0 Å². The minimum absolute atomic E-state index is 0.0605. The number of nitrogens with one attached hydrogen (secondary N) is 1. The summed E-state index contributed by atoms with van der Waals surface area (Å²) in [4.78, 5) is 22.8. The van der Waals surface area contributed by atoms with Gasteiger partial charge in [-0.3, -0.25) is 4.79 Å². The summed E-state index contributed by atoms with van der Waals surface area (Å²) >= 11 is 1.64. The Morgan fingerprint density at radius 2 is 1.83 bits per heavy atom. The van der Waals surface area contributed by atoms with E-state index in [-0.39, 0.29) is 6.42 Å². The Balaban J connectivity index is 1.43. The molecule has 1 aliphatic carbocycles. The van der Waals surface area contributed by atoms with Gasteiger partial charge in [-0.15, -0.1) is 11.3 Å². The van der Waals surface area contributed by atoms with E-state index in [0.717, 1.165) is 75.3 Å². The van der Waals surface area contributed by atoms with Gasteiger partial charge in [0.15, 0.2) is 11.5 Å². The largest absolute Gasteiger partial charge is 0.486 e. The highest BCUT2D eigenvalue weighted by Gasteiger charge is 2.39. The molecule has 0 radical (unpaired) electrons. The van der Waals surface area contributed by atoms with Crippen LogP contribution in [0.15, 0.2) is 42.5 Å². The minimum Gasteiger partial charge on any atom is -0.486 e. The Labute approximate surface area is 207 Å². The van der Waals surface area contributed by atoms with Crippen LogP contribution in [-0.2, 0) is 16.8 Å². The van der Waals surface area contributed by atoms with Crippen LogP contribution in [0.2, 0.25) is 0 Å². The first-order valence-corrected chi connectivity index (χ1v) is 13.0. The number of thiophene rings is 1. The molecule has 0 saturated heterocycles. The van der Waals surface area contributed by atoms with E-state index in [1.54, 1.807) is 11.3 Å². The predicted molar refractivity (Wildman–Crippen MR) is 137 cm³/mol. The van der Waals surface area contributed by atoms with Crippen LogP contribution in [0.1, 0.15) is 49.9 Å². The van der Waals surface area contributed by atoms with Gasteiger partial charge in [-0.2, -0.15) is 0 Å². The first-order chi connectivity index (χ1) is 17.1. The zero-order chi connectivity index (χ0) is 23.8. The van der Waals surface area contributed by atoms with Crippen molar-refractivity contribution >= 4 is 43.4 Å². The average Bonchev–Trinajstić information content (AvgIpc) is 3.26. The van der Waals surface area contributed by atoms with Gasteiger partial charge in [-0.25, -0.2) is 9.97 Å². The molecule has 4 aromatic rings. The number of ether oxygens (including phenoxy) is 2. The summed E-state index contributed by atoms with van der Waals surface area (Å²) in [5, 5.41) is 15.4. The van der Waals surface area contributed by atoms with Crippen molar-refractivity contribution < 1.29 is 19.4 Å². The molecule has 2 aromatic heterocycles. The maximum Gasteiger partial charge on any atom is 0.304 e. The summed E-state index contributed by atoms with van der Waals surface area (Å²) in [5.74, 6) is 2.14. The van der Waals surface area contributed by atoms with Gasteiger partial charge in [0, 0.05) is 22.0 Å². The van der Waals surface area contributed by atoms with E-state index in [1.165, 1.54) is 0 Å². The molecule has 2 aliphatic rings. The van der Waals surface area contributed by atoms with E-state index in [9.17, 15) is 9.90 Å². The molecule has 1 aliphatic heterocycles. The summed E-state index contributed by atoms with van der Waals surface area (Å²) in [5.41, 5.74) is 0.530. The summed E-state index contributed by atoms with van der Waals surface area (Å²) < 4.78 is 12.5. The number of carboxylic acid groups (broad SMARTS) is 1. The molecule has 0 atom stereocenters. The van der Waals surface area contributed by atoms with Crippen LogP contribution in [0, 0.1) is 0 Å². The first-order valence-electron chi connectivity index (χ1n) is 12.2. The van der Waals surface area contributed by atoms with E-state index in [2.05, 4.69) is 17.4 Å². The lowest BCUT2D eigenvalue weighted by Crippen LogP contribution is -2.34. The Hall–Kier alpha value is -3.39. The van der Waals surface area contributed by atoms with Crippen molar-refractivity contribution in [3.8, 4) is 11.5 Å². The van der Waals surface area contributed by atoms with Gasteiger partial charge in [0.2, 0.25) is 0 Å². The summed E-state index contributed by atoms with van der Waals surface area (Å²) in [6, 6.07) is 14.2. The van der Waals surface area contributed by atoms with Crippen molar-refractivity contribution in [3.63, 3.8) is 0 Å². The van der Waals surface area contributed by atoms with Crippen molar-refractivity contribution in [3.05, 3.63) is 53.9 Å². The fourth-order valence-corrected chi connectivity index (χ4v) is 6.44. The number of hydrogen-bond acceptors (Lipinski definition) is 7. The van der Waals surface area contributed by atoms with Gasteiger partial charge in [-0.1, -0.05) is 43.5 Å². The van der Waals surface area contributed by atoms with Gasteiger partial charge in [0.25, 0.3) is 0 Å². The number of fused-ring (bicyclic) bond motifs is 4. The van der Waals surface area contributed by atoms with Gasteiger partial charge in [0.1, 0.15) is 29.7 Å². The van der Waals surface area contributed by atoms with Crippen LogP contribution in [0.5, 0.6) is 11.5 Å². The molecule has 35 heavy (non-hydrogen) atoms. The highest BCUT2D eigenvalue weighted by Crippen LogP contribution is 2.44. The zero-order valence-electron chi connectivity index (χ0n) is 19.4. The second-order valence-electron chi connectivity index (χ2n) is 9.42. The molecule has 2 aromatic carbocycles. The summed E-state index contributed by atoms with van der Waals surface area (Å²) in [6.07, 6.45) is 4.80. The molecule has 0 amide bonds. The van der Waals surface area contributed by atoms with Crippen molar-refractivity contribution in [2.75, 3.05) is 18.5 Å². The van der Waals surface area contributed by atoms with Crippen molar-refractivity contribution in [2.24, 2.45) is 0 Å². The Morgan fingerprint density at radius 3 is 2.66 bits per heavy atom. The molecule has 0 unspecified atom stereocenters. The number of carbonyl (C=O) groups is 1. The molecule has 7 nitrogen and oxygen atoms in total. The standard InChI is InChI=1S/C27H27N3O4S/c31-22(32)15-27(10-4-1-5-11-27)26-29-24(23-18-6-2-3-7-21(18)35-25(23)30-26)28-16-17-8-9-19-20(14-17)34-13-12-33-19/h2-3,6-9,14H,1,4-5,10-13,15-16H2,(H,31,32)(H,28,29,30). The van der Waals surface area contributed by atoms with Crippen molar-refractivity contribution in [1.29, 1.82) is 0 Å². The smallest absolute Gasteiger partial charge is 0.304 e. The van der Waals surface area contributed by atoms with Crippen LogP contribution >= 0.6 is 11.3 Å². The van der Waals surface area contributed by atoms with Gasteiger partial charge in [-0.05, 0) is 36.6 Å². The van der Waals surface area contributed by atoms with Crippen LogP contribution in [0.4, 0.5) is 5.82 Å². The van der Waals surface area contributed by atoms with Gasteiger partial charge >= 0.3 is 5.97 Å². The third kappa shape index (κ3) is 4.16. The number of anilines is 1. The third-order valence-corrected chi connectivity index (χ3v) is 8.14. The molecular formula is C27H27N3O4S. The van der Waals surface area contributed by atoms with E-state index >= 15 is 0 Å². The number of rotatable bonds is 6. The fourth-order valence-electron chi connectivity index (χ4n) is 5.37. The summed E-state index contributed by atoms with van der Waals surface area (Å²) in [6.45, 7) is 1.67. The molecule has 2 N–H and O–H groups in total. The Kier molecular flexibility index (Phi) is 5.68. The summed E-state index contributed by atoms with van der Waals surface area (Å²) in [7, 11) is 0. The number of nitrogens with zero attached hydrogens (tertiary/aromatic N) is 2. The maximum atomic E-state index is 11.9. The van der Waals surface area contributed by atoms with E-state index < -0.39 is 11.4 Å². The van der Waals surface area contributed by atoms with E-state index in [0.29, 0.717) is 25.6 Å². The zero-order valence-corrected chi connectivity index (χ0v) is 20.2.